The van der Waals surface area contributed by atoms with Crippen molar-refractivity contribution in [2.24, 2.45) is 5.92 Å². The highest BCUT2D eigenvalue weighted by molar-refractivity contribution is 5.86. The highest BCUT2D eigenvalue weighted by atomic mass is 16.5. The molecule has 18 heavy (non-hydrogen) atoms. The summed E-state index contributed by atoms with van der Waals surface area (Å²) in [4.78, 5) is 11.3. The molecule has 1 fully saturated rings. The Balaban J connectivity index is 1.78. The number of carbonyl (C=O) groups excluding carboxylic acids is 1. The van der Waals surface area contributed by atoms with Crippen molar-refractivity contribution < 1.29 is 13.9 Å². The first-order valence-corrected chi connectivity index (χ1v) is 6.62. The summed E-state index contributed by atoms with van der Waals surface area (Å²) in [6.45, 7) is 3.04. The summed E-state index contributed by atoms with van der Waals surface area (Å²) < 4.78 is 10.1. The van der Waals surface area contributed by atoms with Crippen LogP contribution in [0.5, 0.6) is 0 Å². The second-order valence-corrected chi connectivity index (χ2v) is 4.96. The van der Waals surface area contributed by atoms with Gasteiger partial charge in [0.1, 0.15) is 5.76 Å². The molecule has 1 aromatic rings. The summed E-state index contributed by atoms with van der Waals surface area (Å²) in [5.74, 6) is 1.53. The van der Waals surface area contributed by atoms with Gasteiger partial charge in [-0.05, 0) is 37.9 Å². The molecule has 0 bridgehead atoms. The van der Waals surface area contributed by atoms with Gasteiger partial charge in [-0.1, -0.05) is 19.3 Å². The Bertz CT molecular complexity index is 395. The van der Waals surface area contributed by atoms with Gasteiger partial charge < -0.3 is 14.5 Å². The molecule has 2 rings (SSSR count). The van der Waals surface area contributed by atoms with Crippen LogP contribution in [0.4, 0.5) is 0 Å². The molecular formula is C14H21NO3. The number of furan rings is 1. The first-order chi connectivity index (χ1) is 8.70. The first-order valence-electron chi connectivity index (χ1n) is 6.62. The predicted octanol–water partition coefficient (Wildman–Crippen LogP) is 2.91. The third-order valence-corrected chi connectivity index (χ3v) is 3.67. The van der Waals surface area contributed by atoms with Crippen molar-refractivity contribution in [3.05, 3.63) is 23.7 Å². The zero-order valence-corrected chi connectivity index (χ0v) is 11.1. The fraction of sp³-hybridized carbons (Fsp3) is 0.643. The van der Waals surface area contributed by atoms with E-state index in [9.17, 15) is 4.79 Å². The SMILES string of the molecule is COC(=O)c1ccc(C(C)NCCC2CCC2)o1. The van der Waals surface area contributed by atoms with E-state index in [0.717, 1.165) is 18.2 Å². The minimum Gasteiger partial charge on any atom is -0.463 e. The van der Waals surface area contributed by atoms with Crippen molar-refractivity contribution in [3.8, 4) is 0 Å². The van der Waals surface area contributed by atoms with Crippen LogP contribution in [0, 0.1) is 5.92 Å². The van der Waals surface area contributed by atoms with E-state index in [-0.39, 0.29) is 11.8 Å². The summed E-state index contributed by atoms with van der Waals surface area (Å²) in [5.41, 5.74) is 0. The molecule has 1 atom stereocenters. The highest BCUT2D eigenvalue weighted by Crippen LogP contribution is 2.29. The van der Waals surface area contributed by atoms with E-state index in [1.165, 1.54) is 32.8 Å². The molecule has 0 amide bonds. The van der Waals surface area contributed by atoms with E-state index in [2.05, 4.69) is 10.1 Å². The van der Waals surface area contributed by atoms with E-state index in [4.69, 9.17) is 4.42 Å². The molecule has 1 N–H and O–H groups in total. The number of methoxy groups -OCH3 is 1. The molecule has 1 aliphatic carbocycles. The van der Waals surface area contributed by atoms with Gasteiger partial charge in [0.25, 0.3) is 0 Å². The van der Waals surface area contributed by atoms with Crippen molar-refractivity contribution in [3.63, 3.8) is 0 Å². The molecule has 1 saturated carbocycles. The lowest BCUT2D eigenvalue weighted by atomic mass is 9.83. The van der Waals surface area contributed by atoms with Gasteiger partial charge in [-0.25, -0.2) is 4.79 Å². The number of hydrogen-bond acceptors (Lipinski definition) is 4. The Morgan fingerprint density at radius 1 is 1.56 bits per heavy atom. The summed E-state index contributed by atoms with van der Waals surface area (Å²) in [7, 11) is 1.35. The zero-order chi connectivity index (χ0) is 13.0. The van der Waals surface area contributed by atoms with Crippen molar-refractivity contribution in [1.29, 1.82) is 0 Å². The average Bonchev–Trinajstić information content (AvgIpc) is 2.80. The molecule has 100 valence electrons. The molecule has 1 unspecified atom stereocenters. The predicted molar refractivity (Wildman–Crippen MR) is 68.4 cm³/mol. The fourth-order valence-electron chi connectivity index (χ4n) is 2.18. The standard InChI is InChI=1S/C14H21NO3/c1-10(15-9-8-11-4-3-5-11)12-6-7-13(18-12)14(16)17-2/h6-7,10-11,15H,3-5,8-9H2,1-2H3. The van der Waals surface area contributed by atoms with Gasteiger partial charge in [-0.3, -0.25) is 0 Å². The van der Waals surface area contributed by atoms with Crippen LogP contribution >= 0.6 is 0 Å². The summed E-state index contributed by atoms with van der Waals surface area (Å²) >= 11 is 0. The lowest BCUT2D eigenvalue weighted by Crippen LogP contribution is -2.23. The second kappa shape index (κ2) is 6.05. The zero-order valence-electron chi connectivity index (χ0n) is 11.1. The van der Waals surface area contributed by atoms with Crippen LogP contribution in [0.1, 0.15) is 55.0 Å². The molecule has 1 aliphatic rings. The van der Waals surface area contributed by atoms with Gasteiger partial charge in [0.05, 0.1) is 13.2 Å². The van der Waals surface area contributed by atoms with Crippen LogP contribution in [0.15, 0.2) is 16.5 Å². The van der Waals surface area contributed by atoms with E-state index in [0.29, 0.717) is 0 Å². The van der Waals surface area contributed by atoms with Crippen LogP contribution in [0.2, 0.25) is 0 Å². The van der Waals surface area contributed by atoms with Crippen molar-refractivity contribution in [2.75, 3.05) is 13.7 Å². The van der Waals surface area contributed by atoms with Crippen LogP contribution in [0.25, 0.3) is 0 Å². The number of rotatable bonds is 6. The number of nitrogens with one attached hydrogen (secondary N) is 1. The minimum atomic E-state index is -0.428. The van der Waals surface area contributed by atoms with E-state index in [1.54, 1.807) is 6.07 Å². The third kappa shape index (κ3) is 3.13. The number of ether oxygens (including phenoxy) is 1. The molecule has 4 nitrogen and oxygen atoms in total. The molecule has 0 radical (unpaired) electrons. The van der Waals surface area contributed by atoms with Crippen molar-refractivity contribution in [2.45, 2.75) is 38.6 Å². The topological polar surface area (TPSA) is 51.5 Å². The summed E-state index contributed by atoms with van der Waals surface area (Å²) in [6.07, 6.45) is 5.38. The van der Waals surface area contributed by atoms with Crippen LogP contribution < -0.4 is 5.32 Å². The molecule has 1 aromatic heterocycles. The van der Waals surface area contributed by atoms with Crippen molar-refractivity contribution in [1.82, 2.24) is 5.32 Å². The maximum Gasteiger partial charge on any atom is 0.373 e. The Morgan fingerprint density at radius 2 is 2.33 bits per heavy atom. The summed E-state index contributed by atoms with van der Waals surface area (Å²) in [6, 6.07) is 3.61. The summed E-state index contributed by atoms with van der Waals surface area (Å²) in [5, 5.41) is 3.42. The minimum absolute atomic E-state index is 0.128. The quantitative estimate of drug-likeness (QED) is 0.790. The molecule has 4 heteroatoms. The Morgan fingerprint density at radius 3 is 2.94 bits per heavy atom. The van der Waals surface area contributed by atoms with E-state index < -0.39 is 5.97 Å². The Hall–Kier alpha value is -1.29. The molecule has 0 aliphatic heterocycles. The Labute approximate surface area is 108 Å². The maximum absolute atomic E-state index is 11.3. The molecule has 0 spiro atoms. The van der Waals surface area contributed by atoms with Gasteiger partial charge in [0.15, 0.2) is 0 Å². The van der Waals surface area contributed by atoms with Crippen LogP contribution in [-0.4, -0.2) is 19.6 Å². The number of esters is 1. The Kier molecular flexibility index (Phi) is 4.42. The van der Waals surface area contributed by atoms with Gasteiger partial charge in [-0.2, -0.15) is 0 Å². The third-order valence-electron chi connectivity index (χ3n) is 3.67. The van der Waals surface area contributed by atoms with Crippen LogP contribution in [0.3, 0.4) is 0 Å². The lowest BCUT2D eigenvalue weighted by Gasteiger charge is -2.25. The van der Waals surface area contributed by atoms with Crippen molar-refractivity contribution >= 4 is 5.97 Å². The maximum atomic E-state index is 11.3. The largest absolute Gasteiger partial charge is 0.463 e. The van der Waals surface area contributed by atoms with Gasteiger partial charge in [0.2, 0.25) is 5.76 Å². The molecule has 0 aromatic carbocycles. The van der Waals surface area contributed by atoms with Gasteiger partial charge in [0, 0.05) is 0 Å². The fourth-order valence-corrected chi connectivity index (χ4v) is 2.18. The average molecular weight is 251 g/mol. The molecular weight excluding hydrogens is 230 g/mol. The van der Waals surface area contributed by atoms with Gasteiger partial charge in [-0.15, -0.1) is 0 Å². The smallest absolute Gasteiger partial charge is 0.373 e. The molecule has 0 saturated heterocycles. The van der Waals surface area contributed by atoms with E-state index >= 15 is 0 Å². The second-order valence-electron chi connectivity index (χ2n) is 4.96. The number of carbonyl (C=O) groups is 1. The van der Waals surface area contributed by atoms with Crippen LogP contribution in [-0.2, 0) is 4.74 Å². The highest BCUT2D eigenvalue weighted by Gasteiger charge is 2.18. The first kappa shape index (κ1) is 13.1. The normalized spacial score (nSPS) is 17.2. The lowest BCUT2D eigenvalue weighted by molar-refractivity contribution is 0.0562. The molecule has 1 heterocycles. The van der Waals surface area contributed by atoms with Gasteiger partial charge >= 0.3 is 5.97 Å². The monoisotopic (exact) mass is 251 g/mol. The number of hydrogen-bond donors (Lipinski definition) is 1. The van der Waals surface area contributed by atoms with E-state index in [1.807, 2.05) is 13.0 Å².